The van der Waals surface area contributed by atoms with Gasteiger partial charge >= 0.3 is 0 Å². The summed E-state index contributed by atoms with van der Waals surface area (Å²) in [7, 11) is 0. The molecule has 0 amide bonds. The van der Waals surface area contributed by atoms with E-state index < -0.39 is 0 Å². The van der Waals surface area contributed by atoms with Gasteiger partial charge in [-0.3, -0.25) is 0 Å². The van der Waals surface area contributed by atoms with Gasteiger partial charge in [0, 0.05) is 99.0 Å². The fraction of sp³-hybridized carbons (Fsp3) is 0. The highest BCUT2D eigenvalue weighted by molar-refractivity contribution is 6.15. The standard InChI is InChI=1S/C51H32N4O.C46H27N5O/c1-3-14-33(15-4-1)35-18-11-19-37(30-35)50-52-49(34-16-5-2-6-17-34)53-51(54-50)38-20-12-21-39(31-38)55-45-26-9-7-22-41(45)44-32-36(28-29-46(44)55)40-24-13-25-43-42-23-8-10-27-47(42)56-48(40)43;47-28-29-11-8-14-32(25-29)45-48-44(30-12-2-1-3-13-30)49-46(50-45)33-15-9-16-34(26-33)51-40-21-6-4-17-36(40)39-27-31(23-24-41(39)51)35-19-10-20-38-37-18-5-7-22-42(37)52-43(35)38/h1-32H;1-27H. The van der Waals surface area contributed by atoms with E-state index in [-0.39, 0.29) is 0 Å². The molecule has 504 valence electrons. The van der Waals surface area contributed by atoms with Crippen LogP contribution in [0.15, 0.2) is 367 Å². The highest BCUT2D eigenvalue weighted by Crippen LogP contribution is 2.43. The molecule has 15 aromatic carbocycles. The molecule has 0 N–H and O–H groups in total. The summed E-state index contributed by atoms with van der Waals surface area (Å²) in [6, 6.07) is 125. The first-order valence-corrected chi connectivity index (χ1v) is 35.9. The van der Waals surface area contributed by atoms with E-state index in [9.17, 15) is 5.26 Å². The van der Waals surface area contributed by atoms with Crippen LogP contribution in [0.3, 0.4) is 0 Å². The molecule has 0 aliphatic heterocycles. The van der Waals surface area contributed by atoms with E-state index in [1.807, 2.05) is 121 Å². The quantitative estimate of drug-likeness (QED) is 0.124. The topological polar surface area (TPSA) is 137 Å². The van der Waals surface area contributed by atoms with Crippen LogP contribution in [-0.2, 0) is 0 Å². The molecule has 0 radical (unpaired) electrons. The lowest BCUT2D eigenvalue weighted by Crippen LogP contribution is -2.01. The number of furan rings is 2. The van der Waals surface area contributed by atoms with Crippen molar-refractivity contribution in [3.8, 4) is 119 Å². The molecule has 0 atom stereocenters. The molecule has 21 rings (SSSR count). The molecule has 6 heterocycles. The fourth-order valence-corrected chi connectivity index (χ4v) is 15.3. The fourth-order valence-electron chi connectivity index (χ4n) is 15.3. The molecule has 108 heavy (non-hydrogen) atoms. The van der Waals surface area contributed by atoms with Gasteiger partial charge in [-0.15, -0.1) is 0 Å². The van der Waals surface area contributed by atoms with Gasteiger partial charge in [0.25, 0.3) is 0 Å². The van der Waals surface area contributed by atoms with Gasteiger partial charge in [0.15, 0.2) is 34.9 Å². The van der Waals surface area contributed by atoms with Crippen molar-refractivity contribution < 1.29 is 8.83 Å². The Morgan fingerprint density at radius 1 is 0.222 bits per heavy atom. The first-order chi connectivity index (χ1) is 53.5. The average Bonchev–Trinajstić information content (AvgIpc) is 0.959. The minimum absolute atomic E-state index is 0.509. The number of nitrogens with zero attached hydrogens (tertiary/aromatic N) is 9. The zero-order valence-electron chi connectivity index (χ0n) is 57.9. The number of aromatic nitrogens is 8. The molecule has 0 saturated carbocycles. The molecular weight excluding hydrogens is 1320 g/mol. The number of nitriles is 1. The molecule has 0 aliphatic rings. The first kappa shape index (κ1) is 62.8. The maximum absolute atomic E-state index is 9.58. The average molecular weight is 1380 g/mol. The van der Waals surface area contributed by atoms with Crippen molar-refractivity contribution in [2.24, 2.45) is 0 Å². The number of hydrogen-bond donors (Lipinski definition) is 0. The minimum Gasteiger partial charge on any atom is -0.455 e. The summed E-state index contributed by atoms with van der Waals surface area (Å²) >= 11 is 0. The Labute approximate surface area is 619 Å². The second-order valence-corrected chi connectivity index (χ2v) is 26.8. The van der Waals surface area contributed by atoms with Gasteiger partial charge in [-0.2, -0.15) is 5.26 Å². The van der Waals surface area contributed by atoms with Gasteiger partial charge in [-0.1, -0.05) is 267 Å². The molecule has 21 aromatic rings. The first-order valence-electron chi connectivity index (χ1n) is 35.9. The molecule has 0 unspecified atom stereocenters. The molecule has 11 heteroatoms. The second kappa shape index (κ2) is 26.4. The largest absolute Gasteiger partial charge is 0.455 e. The lowest BCUT2D eigenvalue weighted by atomic mass is 10.0. The van der Waals surface area contributed by atoms with Crippen LogP contribution in [0.25, 0.3) is 201 Å². The van der Waals surface area contributed by atoms with Crippen molar-refractivity contribution in [1.29, 1.82) is 5.26 Å². The zero-order valence-corrected chi connectivity index (χ0v) is 57.9. The molecule has 0 aliphatic carbocycles. The summed E-state index contributed by atoms with van der Waals surface area (Å²) < 4.78 is 17.5. The Morgan fingerprint density at radius 3 is 1.02 bits per heavy atom. The van der Waals surface area contributed by atoms with E-state index in [0.717, 1.165) is 155 Å². The van der Waals surface area contributed by atoms with Crippen LogP contribution >= 0.6 is 0 Å². The van der Waals surface area contributed by atoms with Crippen LogP contribution in [0.1, 0.15) is 5.56 Å². The molecular formula is C97H59N9O2. The Hall–Kier alpha value is -15.0. The van der Waals surface area contributed by atoms with Crippen LogP contribution in [0, 0.1) is 11.3 Å². The van der Waals surface area contributed by atoms with E-state index in [4.69, 9.17) is 38.7 Å². The smallest absolute Gasteiger partial charge is 0.164 e. The van der Waals surface area contributed by atoms with E-state index in [0.29, 0.717) is 40.5 Å². The normalized spacial score (nSPS) is 11.5. The number of benzene rings is 15. The summed E-state index contributed by atoms with van der Waals surface area (Å²) in [5, 5.41) is 18.7. The molecule has 6 aromatic heterocycles. The second-order valence-electron chi connectivity index (χ2n) is 26.8. The van der Waals surface area contributed by atoms with Crippen LogP contribution in [0.2, 0.25) is 0 Å². The molecule has 0 fully saturated rings. The highest BCUT2D eigenvalue weighted by atomic mass is 16.3. The van der Waals surface area contributed by atoms with E-state index in [1.165, 1.54) is 10.8 Å². The van der Waals surface area contributed by atoms with Crippen LogP contribution in [-0.4, -0.2) is 39.0 Å². The van der Waals surface area contributed by atoms with Crippen molar-refractivity contribution in [2.75, 3.05) is 0 Å². The van der Waals surface area contributed by atoms with Crippen molar-refractivity contribution in [1.82, 2.24) is 39.0 Å². The maximum atomic E-state index is 9.58. The van der Waals surface area contributed by atoms with Gasteiger partial charge in [-0.25, -0.2) is 29.9 Å². The molecule has 0 saturated heterocycles. The van der Waals surface area contributed by atoms with Crippen molar-refractivity contribution in [2.45, 2.75) is 0 Å². The molecule has 0 spiro atoms. The maximum Gasteiger partial charge on any atom is 0.164 e. The van der Waals surface area contributed by atoms with Gasteiger partial charge in [-0.05, 0) is 113 Å². The van der Waals surface area contributed by atoms with Crippen molar-refractivity contribution in [3.05, 3.63) is 363 Å². The summed E-state index contributed by atoms with van der Waals surface area (Å²) in [4.78, 5) is 30.0. The van der Waals surface area contributed by atoms with E-state index in [1.54, 1.807) is 6.07 Å². The molecule has 0 bridgehead atoms. The number of hydrogen-bond acceptors (Lipinski definition) is 9. The summed E-state index contributed by atoms with van der Waals surface area (Å²) in [6.07, 6.45) is 0. The van der Waals surface area contributed by atoms with Crippen LogP contribution in [0.5, 0.6) is 0 Å². The van der Waals surface area contributed by atoms with Crippen molar-refractivity contribution >= 4 is 87.5 Å². The Balaban J connectivity index is 0.000000143. The Kier molecular flexibility index (Phi) is 15.3. The molecule has 11 nitrogen and oxygen atoms in total. The van der Waals surface area contributed by atoms with Gasteiger partial charge < -0.3 is 18.0 Å². The summed E-state index contributed by atoms with van der Waals surface area (Å²) in [5.74, 6) is 3.50. The third kappa shape index (κ3) is 11.2. The van der Waals surface area contributed by atoms with Gasteiger partial charge in [0.1, 0.15) is 22.3 Å². The summed E-state index contributed by atoms with van der Waals surface area (Å²) in [6.45, 7) is 0. The summed E-state index contributed by atoms with van der Waals surface area (Å²) in [5.41, 5.74) is 22.4. The highest BCUT2D eigenvalue weighted by Gasteiger charge is 2.22. The minimum atomic E-state index is 0.509. The van der Waals surface area contributed by atoms with E-state index >= 15 is 0 Å². The number of rotatable bonds is 11. The zero-order chi connectivity index (χ0) is 71.6. The third-order valence-corrected chi connectivity index (χ3v) is 20.3. The number of fused-ring (bicyclic) bond motifs is 12. The predicted octanol–water partition coefficient (Wildman–Crippen LogP) is 24.6. The Bertz CT molecular complexity index is 7150. The number of para-hydroxylation sites is 6. The monoisotopic (exact) mass is 1380 g/mol. The van der Waals surface area contributed by atoms with Crippen LogP contribution < -0.4 is 0 Å². The van der Waals surface area contributed by atoms with Crippen molar-refractivity contribution in [3.63, 3.8) is 0 Å². The van der Waals surface area contributed by atoms with E-state index in [2.05, 4.69) is 246 Å². The van der Waals surface area contributed by atoms with Gasteiger partial charge in [0.2, 0.25) is 0 Å². The third-order valence-electron chi connectivity index (χ3n) is 20.3. The Morgan fingerprint density at radius 2 is 0.556 bits per heavy atom. The van der Waals surface area contributed by atoms with Gasteiger partial charge in [0.05, 0.1) is 33.7 Å². The van der Waals surface area contributed by atoms with Crippen LogP contribution in [0.4, 0.5) is 0 Å². The lowest BCUT2D eigenvalue weighted by molar-refractivity contribution is 0.669. The SMILES string of the molecule is N#Cc1cccc(-c2nc(-c3ccccc3)nc(-c3cccc(-n4c5ccccc5c5cc(-c6cccc7c6oc6ccccc67)ccc54)c3)n2)c1.c1ccc(-c2cccc(-c3nc(-c4ccccc4)nc(-c4cccc(-n5c6ccccc6c6cc(-c7cccc8c7oc7ccccc78)ccc65)c4)n3)c2)cc1. The predicted molar refractivity (Wildman–Crippen MR) is 437 cm³/mol. The lowest BCUT2D eigenvalue weighted by Gasteiger charge is -2.12.